The lowest BCUT2D eigenvalue weighted by atomic mass is 10.1. The van der Waals surface area contributed by atoms with Crippen molar-refractivity contribution < 1.29 is 0 Å². The van der Waals surface area contributed by atoms with Gasteiger partial charge in [0.2, 0.25) is 0 Å². The van der Waals surface area contributed by atoms with Crippen molar-refractivity contribution in [3.63, 3.8) is 0 Å². The Balaban J connectivity index is 2.11. The molecule has 0 unspecified atom stereocenters. The fourth-order valence-corrected chi connectivity index (χ4v) is 2.70. The molecule has 1 aromatic carbocycles. The number of hydrazone groups is 1. The first-order chi connectivity index (χ1) is 10.2. The van der Waals surface area contributed by atoms with Crippen molar-refractivity contribution in [3.8, 4) is 11.3 Å². The average Bonchev–Trinajstić information content (AvgIpc) is 3.06. The molecule has 0 aliphatic rings. The quantitative estimate of drug-likeness (QED) is 0.458. The number of benzene rings is 1. The average molecular weight is 315 g/mol. The number of thiocarbonyl (C=S) groups is 1. The third kappa shape index (κ3) is 2.65. The first kappa shape index (κ1) is 13.7. The van der Waals surface area contributed by atoms with E-state index in [2.05, 4.69) is 10.1 Å². The molecule has 3 aromatic rings. The zero-order valence-corrected chi connectivity index (χ0v) is 12.9. The van der Waals surface area contributed by atoms with E-state index in [-0.39, 0.29) is 5.11 Å². The topological polar surface area (TPSA) is 58.9 Å². The molecule has 2 aromatic heterocycles. The van der Waals surface area contributed by atoms with E-state index in [1.807, 2.05) is 46.3 Å². The van der Waals surface area contributed by atoms with Crippen molar-refractivity contribution in [2.75, 3.05) is 7.05 Å². The zero-order chi connectivity index (χ0) is 14.8. The van der Waals surface area contributed by atoms with E-state index in [1.54, 1.807) is 24.6 Å². The van der Waals surface area contributed by atoms with Gasteiger partial charge in [-0.1, -0.05) is 30.3 Å². The van der Waals surface area contributed by atoms with Gasteiger partial charge in [0.1, 0.15) is 0 Å². The largest absolute Gasteiger partial charge is 0.375 e. The highest BCUT2D eigenvalue weighted by atomic mass is 32.1. The van der Waals surface area contributed by atoms with Crippen LogP contribution in [0, 0.1) is 0 Å². The van der Waals surface area contributed by atoms with Gasteiger partial charge in [-0.25, -0.2) is 9.99 Å². The third-order valence-corrected chi connectivity index (χ3v) is 4.04. The Bertz CT molecular complexity index is 803. The van der Waals surface area contributed by atoms with Gasteiger partial charge in [0.25, 0.3) is 0 Å². The van der Waals surface area contributed by atoms with Crippen LogP contribution in [0.1, 0.15) is 5.69 Å². The van der Waals surface area contributed by atoms with Crippen LogP contribution >= 0.6 is 23.6 Å². The zero-order valence-electron chi connectivity index (χ0n) is 11.3. The molecule has 0 spiro atoms. The summed E-state index contributed by atoms with van der Waals surface area (Å²) in [6.07, 6.45) is 3.70. The van der Waals surface area contributed by atoms with Crippen LogP contribution in [0.4, 0.5) is 0 Å². The second-order valence-corrected chi connectivity index (χ2v) is 5.66. The van der Waals surface area contributed by atoms with Crippen LogP contribution in [0.25, 0.3) is 16.2 Å². The van der Waals surface area contributed by atoms with E-state index >= 15 is 0 Å². The Morgan fingerprint density at radius 1 is 1.43 bits per heavy atom. The van der Waals surface area contributed by atoms with Crippen LogP contribution in [-0.2, 0) is 0 Å². The minimum absolute atomic E-state index is 0.221. The molecule has 0 aliphatic carbocycles. The van der Waals surface area contributed by atoms with Gasteiger partial charge in [-0.15, -0.1) is 11.3 Å². The van der Waals surface area contributed by atoms with Crippen LogP contribution < -0.4 is 5.73 Å². The number of nitrogens with two attached hydrogens (primary N) is 1. The number of nitrogens with zero attached hydrogens (tertiary/aromatic N) is 4. The molecule has 0 fully saturated rings. The van der Waals surface area contributed by atoms with E-state index in [1.165, 1.54) is 5.01 Å². The van der Waals surface area contributed by atoms with Crippen molar-refractivity contribution in [2.45, 2.75) is 0 Å². The van der Waals surface area contributed by atoms with Gasteiger partial charge in [0.05, 0.1) is 17.6 Å². The molecule has 0 amide bonds. The van der Waals surface area contributed by atoms with Gasteiger partial charge in [-0.05, 0) is 12.2 Å². The van der Waals surface area contributed by atoms with E-state index in [4.69, 9.17) is 18.0 Å². The fourth-order valence-electron chi connectivity index (χ4n) is 1.93. The predicted molar refractivity (Wildman–Crippen MR) is 90.6 cm³/mol. The Morgan fingerprint density at radius 2 is 2.19 bits per heavy atom. The van der Waals surface area contributed by atoms with E-state index in [9.17, 15) is 0 Å². The predicted octanol–water partition coefficient (Wildman–Crippen LogP) is 2.57. The summed E-state index contributed by atoms with van der Waals surface area (Å²) < 4.78 is 2.00. The normalized spacial score (nSPS) is 11.3. The lowest BCUT2D eigenvalue weighted by molar-refractivity contribution is 0.552. The summed E-state index contributed by atoms with van der Waals surface area (Å²) in [5, 5.41) is 7.93. The number of hydrogen-bond acceptors (Lipinski definition) is 4. The molecule has 7 heteroatoms. The number of hydrogen-bond donors (Lipinski definition) is 1. The van der Waals surface area contributed by atoms with Crippen LogP contribution in [0.5, 0.6) is 0 Å². The molecule has 21 heavy (non-hydrogen) atoms. The minimum atomic E-state index is 0.221. The molecular formula is C14H13N5S2. The number of rotatable bonds is 3. The van der Waals surface area contributed by atoms with Crippen LogP contribution in [0.15, 0.2) is 47.0 Å². The molecule has 0 saturated carbocycles. The lowest BCUT2D eigenvalue weighted by Crippen LogP contribution is -2.27. The first-order valence-electron chi connectivity index (χ1n) is 6.25. The maximum absolute atomic E-state index is 5.54. The highest BCUT2D eigenvalue weighted by molar-refractivity contribution is 7.80. The van der Waals surface area contributed by atoms with Crippen molar-refractivity contribution in [1.82, 2.24) is 14.4 Å². The Hall–Kier alpha value is -2.25. The van der Waals surface area contributed by atoms with Gasteiger partial charge in [0.15, 0.2) is 10.1 Å². The molecular weight excluding hydrogens is 302 g/mol. The van der Waals surface area contributed by atoms with E-state index in [0.717, 1.165) is 21.9 Å². The molecule has 0 atom stereocenters. The second kappa shape index (κ2) is 5.63. The van der Waals surface area contributed by atoms with Gasteiger partial charge < -0.3 is 5.73 Å². The number of thiazole rings is 1. The highest BCUT2D eigenvalue weighted by Crippen LogP contribution is 2.25. The Kier molecular flexibility index (Phi) is 3.68. The van der Waals surface area contributed by atoms with Gasteiger partial charge in [-0.3, -0.25) is 4.40 Å². The SMILES string of the molecule is CN(/N=C/c1c(-c2ccccc2)nc2sccn12)C(N)=S. The van der Waals surface area contributed by atoms with Gasteiger partial charge >= 0.3 is 0 Å². The Labute approximate surface area is 131 Å². The molecule has 0 aliphatic heterocycles. The summed E-state index contributed by atoms with van der Waals surface area (Å²) in [6, 6.07) is 10.0. The third-order valence-electron chi connectivity index (χ3n) is 3.02. The Morgan fingerprint density at radius 3 is 2.90 bits per heavy atom. The summed E-state index contributed by atoms with van der Waals surface area (Å²) in [7, 11) is 1.72. The van der Waals surface area contributed by atoms with Crippen LogP contribution in [-0.4, -0.2) is 32.8 Å². The molecule has 106 valence electrons. The summed E-state index contributed by atoms with van der Waals surface area (Å²) in [4.78, 5) is 5.60. The smallest absolute Gasteiger partial charge is 0.194 e. The molecule has 0 radical (unpaired) electrons. The van der Waals surface area contributed by atoms with Gasteiger partial charge in [0, 0.05) is 24.2 Å². The monoisotopic (exact) mass is 315 g/mol. The maximum atomic E-state index is 5.54. The molecule has 2 heterocycles. The summed E-state index contributed by atoms with van der Waals surface area (Å²) in [6.45, 7) is 0. The van der Waals surface area contributed by atoms with Crippen molar-refractivity contribution >= 4 is 39.8 Å². The molecule has 3 rings (SSSR count). The fraction of sp³-hybridized carbons (Fsp3) is 0.0714. The standard InChI is InChI=1S/C14H13N5S2/c1-18(13(15)20)16-9-11-12(10-5-3-2-4-6-10)17-14-19(11)7-8-21-14/h2-9H,1H3,(H2,15,20)/b16-9+. The maximum Gasteiger partial charge on any atom is 0.194 e. The summed E-state index contributed by atoms with van der Waals surface area (Å²) >= 11 is 6.47. The van der Waals surface area contributed by atoms with Crippen LogP contribution in [0.2, 0.25) is 0 Å². The summed E-state index contributed by atoms with van der Waals surface area (Å²) in [5.74, 6) is 0. The molecule has 2 N–H and O–H groups in total. The summed E-state index contributed by atoms with van der Waals surface area (Å²) in [5.41, 5.74) is 8.38. The van der Waals surface area contributed by atoms with Gasteiger partial charge in [-0.2, -0.15) is 5.10 Å². The first-order valence-corrected chi connectivity index (χ1v) is 7.53. The van der Waals surface area contributed by atoms with E-state index < -0.39 is 0 Å². The highest BCUT2D eigenvalue weighted by Gasteiger charge is 2.13. The lowest BCUT2D eigenvalue weighted by Gasteiger charge is -2.08. The number of fused-ring (bicyclic) bond motifs is 1. The van der Waals surface area contributed by atoms with Crippen LogP contribution in [0.3, 0.4) is 0 Å². The van der Waals surface area contributed by atoms with Crippen molar-refractivity contribution in [1.29, 1.82) is 0 Å². The van der Waals surface area contributed by atoms with Crippen molar-refractivity contribution in [2.24, 2.45) is 10.8 Å². The number of imidazole rings is 1. The second-order valence-electron chi connectivity index (χ2n) is 4.37. The van der Waals surface area contributed by atoms with Crippen molar-refractivity contribution in [3.05, 3.63) is 47.6 Å². The molecule has 0 saturated heterocycles. The molecule has 0 bridgehead atoms. The number of aromatic nitrogens is 2. The minimum Gasteiger partial charge on any atom is -0.375 e. The molecule has 5 nitrogen and oxygen atoms in total. The van der Waals surface area contributed by atoms with E-state index in [0.29, 0.717) is 0 Å².